The Kier molecular flexibility index (Phi) is 5.49. The van der Waals surface area contributed by atoms with E-state index in [0.29, 0.717) is 26.1 Å². The van der Waals surface area contributed by atoms with Crippen molar-refractivity contribution in [3.8, 4) is 5.75 Å². The fraction of sp³-hybridized carbons (Fsp3) is 0.462. The molecule has 4 nitrogen and oxygen atoms in total. The lowest BCUT2D eigenvalue weighted by molar-refractivity contribution is -0.121. The third-order valence-corrected chi connectivity index (χ3v) is 2.46. The van der Waals surface area contributed by atoms with Crippen molar-refractivity contribution in [2.24, 2.45) is 5.73 Å². The number of hydrogen-bond donors (Lipinski definition) is 2. The van der Waals surface area contributed by atoms with Crippen LogP contribution in [-0.2, 0) is 11.3 Å². The molecule has 0 aromatic heterocycles. The van der Waals surface area contributed by atoms with Gasteiger partial charge < -0.3 is 15.8 Å². The maximum Gasteiger partial charge on any atom is 0.223 e. The Hall–Kier alpha value is -1.55. The first-order chi connectivity index (χ1) is 8.19. The van der Waals surface area contributed by atoms with Crippen LogP contribution >= 0.6 is 0 Å². The quantitative estimate of drug-likeness (QED) is 0.783. The minimum atomic E-state index is 0.00961. The molecule has 0 aliphatic heterocycles. The summed E-state index contributed by atoms with van der Waals surface area (Å²) in [5.41, 5.74) is 7.66. The fourth-order valence-electron chi connectivity index (χ4n) is 1.61. The lowest BCUT2D eigenvalue weighted by Crippen LogP contribution is -2.24. The van der Waals surface area contributed by atoms with Gasteiger partial charge in [0.25, 0.3) is 0 Å². The molecule has 17 heavy (non-hydrogen) atoms. The number of carbonyl (C=O) groups excluding carboxylic acids is 1. The number of benzene rings is 1. The second-order valence-corrected chi connectivity index (χ2v) is 3.82. The topological polar surface area (TPSA) is 64.3 Å². The summed E-state index contributed by atoms with van der Waals surface area (Å²) in [5, 5.41) is 2.73. The van der Waals surface area contributed by atoms with Gasteiger partial charge in [-0.2, -0.15) is 0 Å². The lowest BCUT2D eigenvalue weighted by Gasteiger charge is -2.12. The standard InChI is InChI=1S/C13H20N2O2/c1-3-15-12(16)7-8-17-13-10(2)5-4-6-11(13)9-14/h4-6H,3,7-9,14H2,1-2H3,(H,15,16). The van der Waals surface area contributed by atoms with Gasteiger partial charge >= 0.3 is 0 Å². The molecule has 0 saturated carbocycles. The molecule has 0 unspecified atom stereocenters. The molecule has 0 spiro atoms. The van der Waals surface area contributed by atoms with Crippen LogP contribution in [0.5, 0.6) is 5.75 Å². The number of aryl methyl sites for hydroxylation is 1. The monoisotopic (exact) mass is 236 g/mol. The van der Waals surface area contributed by atoms with Crippen LogP contribution < -0.4 is 15.8 Å². The van der Waals surface area contributed by atoms with Crippen molar-refractivity contribution >= 4 is 5.91 Å². The summed E-state index contributed by atoms with van der Waals surface area (Å²) in [5.74, 6) is 0.815. The van der Waals surface area contributed by atoms with Gasteiger partial charge in [-0.15, -0.1) is 0 Å². The van der Waals surface area contributed by atoms with Crippen molar-refractivity contribution in [3.63, 3.8) is 0 Å². The smallest absolute Gasteiger partial charge is 0.223 e. The van der Waals surface area contributed by atoms with Gasteiger partial charge in [-0.25, -0.2) is 0 Å². The van der Waals surface area contributed by atoms with Crippen molar-refractivity contribution in [3.05, 3.63) is 29.3 Å². The molecule has 1 amide bonds. The van der Waals surface area contributed by atoms with Gasteiger partial charge in [0.05, 0.1) is 13.0 Å². The average Bonchev–Trinajstić information content (AvgIpc) is 2.31. The highest BCUT2D eigenvalue weighted by atomic mass is 16.5. The largest absolute Gasteiger partial charge is 0.492 e. The van der Waals surface area contributed by atoms with Gasteiger partial charge in [-0.1, -0.05) is 18.2 Å². The van der Waals surface area contributed by atoms with Crippen molar-refractivity contribution in [2.45, 2.75) is 26.8 Å². The van der Waals surface area contributed by atoms with Crippen molar-refractivity contribution < 1.29 is 9.53 Å². The van der Waals surface area contributed by atoms with Gasteiger partial charge in [0.2, 0.25) is 5.91 Å². The molecular weight excluding hydrogens is 216 g/mol. The van der Waals surface area contributed by atoms with E-state index < -0.39 is 0 Å². The van der Waals surface area contributed by atoms with Gasteiger partial charge in [0.15, 0.2) is 0 Å². The van der Waals surface area contributed by atoms with Gasteiger partial charge in [-0.3, -0.25) is 4.79 Å². The highest BCUT2D eigenvalue weighted by molar-refractivity contribution is 5.75. The molecule has 0 heterocycles. The Morgan fingerprint density at radius 2 is 2.24 bits per heavy atom. The molecule has 0 bridgehead atoms. The minimum Gasteiger partial charge on any atom is -0.492 e. The first-order valence-electron chi connectivity index (χ1n) is 5.87. The van der Waals surface area contributed by atoms with Crippen molar-refractivity contribution in [1.82, 2.24) is 5.32 Å². The van der Waals surface area contributed by atoms with E-state index >= 15 is 0 Å². The number of nitrogens with one attached hydrogen (secondary N) is 1. The number of amides is 1. The van der Waals surface area contributed by atoms with Gasteiger partial charge in [0.1, 0.15) is 5.75 Å². The average molecular weight is 236 g/mol. The van der Waals surface area contributed by atoms with Crippen molar-refractivity contribution in [1.29, 1.82) is 0 Å². The maximum atomic E-state index is 11.3. The summed E-state index contributed by atoms with van der Waals surface area (Å²) in [6.07, 6.45) is 0.367. The number of carbonyl (C=O) groups is 1. The highest BCUT2D eigenvalue weighted by Gasteiger charge is 2.06. The second-order valence-electron chi connectivity index (χ2n) is 3.82. The van der Waals surface area contributed by atoms with Crippen LogP contribution in [-0.4, -0.2) is 19.1 Å². The van der Waals surface area contributed by atoms with Crippen LogP contribution in [0.25, 0.3) is 0 Å². The molecule has 94 valence electrons. The van der Waals surface area contributed by atoms with E-state index in [1.807, 2.05) is 32.0 Å². The molecule has 1 aromatic carbocycles. The van der Waals surface area contributed by atoms with E-state index in [-0.39, 0.29) is 5.91 Å². The van der Waals surface area contributed by atoms with E-state index in [4.69, 9.17) is 10.5 Å². The Morgan fingerprint density at radius 3 is 2.88 bits per heavy atom. The van der Waals surface area contributed by atoms with Crippen molar-refractivity contribution in [2.75, 3.05) is 13.2 Å². The Labute approximate surface area is 102 Å². The molecule has 0 saturated heterocycles. The summed E-state index contributed by atoms with van der Waals surface area (Å²) in [6.45, 7) is 5.34. The summed E-state index contributed by atoms with van der Waals surface area (Å²) < 4.78 is 5.63. The van der Waals surface area contributed by atoms with E-state index in [9.17, 15) is 4.79 Å². The predicted molar refractivity (Wildman–Crippen MR) is 67.9 cm³/mol. The van der Waals surface area contributed by atoms with E-state index in [1.54, 1.807) is 0 Å². The third kappa shape index (κ3) is 4.07. The second kappa shape index (κ2) is 6.91. The molecule has 0 radical (unpaired) electrons. The molecule has 1 aromatic rings. The van der Waals surface area contributed by atoms with Crippen LogP contribution in [0.15, 0.2) is 18.2 Å². The first-order valence-corrected chi connectivity index (χ1v) is 5.87. The minimum absolute atomic E-state index is 0.00961. The molecule has 1 rings (SSSR count). The van der Waals surface area contributed by atoms with Crippen LogP contribution in [0.1, 0.15) is 24.5 Å². The third-order valence-electron chi connectivity index (χ3n) is 2.46. The highest BCUT2D eigenvalue weighted by Crippen LogP contribution is 2.22. The van der Waals surface area contributed by atoms with Crippen LogP contribution in [0.2, 0.25) is 0 Å². The summed E-state index contributed by atoms with van der Waals surface area (Å²) >= 11 is 0. The molecule has 3 N–H and O–H groups in total. The zero-order valence-electron chi connectivity index (χ0n) is 10.5. The molecule has 0 aliphatic carbocycles. The lowest BCUT2D eigenvalue weighted by atomic mass is 10.1. The Morgan fingerprint density at radius 1 is 1.47 bits per heavy atom. The molecule has 0 atom stereocenters. The SMILES string of the molecule is CCNC(=O)CCOc1c(C)cccc1CN. The number of hydrogen-bond acceptors (Lipinski definition) is 3. The van der Waals surface area contributed by atoms with Gasteiger partial charge in [0, 0.05) is 18.7 Å². The summed E-state index contributed by atoms with van der Waals surface area (Å²) in [4.78, 5) is 11.3. The molecule has 4 heteroatoms. The zero-order chi connectivity index (χ0) is 12.7. The number of nitrogens with two attached hydrogens (primary N) is 1. The fourth-order valence-corrected chi connectivity index (χ4v) is 1.61. The normalized spacial score (nSPS) is 10.1. The van der Waals surface area contributed by atoms with E-state index in [1.165, 1.54) is 0 Å². The summed E-state index contributed by atoms with van der Waals surface area (Å²) in [7, 11) is 0. The Balaban J connectivity index is 2.54. The van der Waals surface area contributed by atoms with Crippen LogP contribution in [0.3, 0.4) is 0 Å². The number of ether oxygens (including phenoxy) is 1. The van der Waals surface area contributed by atoms with Crippen LogP contribution in [0.4, 0.5) is 0 Å². The summed E-state index contributed by atoms with van der Waals surface area (Å²) in [6, 6.07) is 5.86. The molecule has 0 aliphatic rings. The zero-order valence-corrected chi connectivity index (χ0v) is 10.5. The number of para-hydroxylation sites is 1. The maximum absolute atomic E-state index is 11.3. The first kappa shape index (κ1) is 13.5. The molecular formula is C13H20N2O2. The van der Waals surface area contributed by atoms with Crippen LogP contribution in [0, 0.1) is 6.92 Å². The van der Waals surface area contributed by atoms with E-state index in [2.05, 4.69) is 5.32 Å². The number of rotatable bonds is 6. The molecule has 0 fully saturated rings. The Bertz CT molecular complexity index is 378. The van der Waals surface area contributed by atoms with Gasteiger partial charge in [-0.05, 0) is 19.4 Å². The predicted octanol–water partition coefficient (Wildman–Crippen LogP) is 1.36. The van der Waals surface area contributed by atoms with E-state index in [0.717, 1.165) is 16.9 Å².